The normalized spacial score (nSPS) is 17.2. The summed E-state index contributed by atoms with van der Waals surface area (Å²) in [7, 11) is 3.78. The quantitative estimate of drug-likeness (QED) is 0.318. The summed E-state index contributed by atoms with van der Waals surface area (Å²) in [5.41, 5.74) is 3.27. The smallest absolute Gasteiger partial charge is 0.318 e. The standard InChI is InChI=1S/C26H27ClN4O2.C5H11N.C2H6/c1-3-23(32)17-10-13-30(14-11-17)25-19-12-15-31(16-21(19)28-26(29-25)33-2)22-9-5-7-18-6-4-8-20(27)24(18)22;1-6-4-2-3-5-6;1-2/h3-9,17H,1,10-16H2,2H3;2-5H2,1H3;1-2H3. The number of hydrogen-bond donors (Lipinski definition) is 0. The van der Waals surface area contributed by atoms with E-state index in [1.54, 1.807) is 7.11 Å². The van der Waals surface area contributed by atoms with E-state index in [2.05, 4.69) is 52.6 Å². The summed E-state index contributed by atoms with van der Waals surface area (Å²) in [6, 6.07) is 12.7. The molecule has 0 spiro atoms. The Morgan fingerprint density at radius 3 is 2.29 bits per heavy atom. The molecule has 0 aliphatic carbocycles. The molecule has 7 nitrogen and oxygen atoms in total. The third-order valence-electron chi connectivity index (χ3n) is 8.11. The van der Waals surface area contributed by atoms with Gasteiger partial charge in [-0.25, -0.2) is 0 Å². The average molecular weight is 578 g/mol. The van der Waals surface area contributed by atoms with Gasteiger partial charge in [-0.2, -0.15) is 9.97 Å². The lowest BCUT2D eigenvalue weighted by molar-refractivity contribution is -0.118. The zero-order chi connectivity index (χ0) is 29.4. The van der Waals surface area contributed by atoms with Crippen LogP contribution in [-0.4, -0.2) is 67.5 Å². The van der Waals surface area contributed by atoms with E-state index in [9.17, 15) is 4.79 Å². The van der Waals surface area contributed by atoms with Crippen LogP contribution in [0, 0.1) is 5.92 Å². The van der Waals surface area contributed by atoms with Crippen molar-refractivity contribution in [1.29, 1.82) is 0 Å². The molecule has 0 amide bonds. The van der Waals surface area contributed by atoms with Crippen molar-refractivity contribution in [2.24, 2.45) is 5.92 Å². The maximum Gasteiger partial charge on any atom is 0.318 e. The van der Waals surface area contributed by atoms with Crippen LogP contribution in [0.4, 0.5) is 11.5 Å². The molecule has 0 radical (unpaired) electrons. The lowest BCUT2D eigenvalue weighted by atomic mass is 9.92. The van der Waals surface area contributed by atoms with Gasteiger partial charge in [0.05, 0.1) is 24.4 Å². The summed E-state index contributed by atoms with van der Waals surface area (Å²) in [4.78, 5) is 28.5. The van der Waals surface area contributed by atoms with E-state index in [1.165, 1.54) is 37.6 Å². The summed E-state index contributed by atoms with van der Waals surface area (Å²) in [6.45, 7) is 13.4. The number of anilines is 2. The lowest BCUT2D eigenvalue weighted by Crippen LogP contribution is -2.39. The Balaban J connectivity index is 0.000000424. The van der Waals surface area contributed by atoms with Crippen LogP contribution in [0.5, 0.6) is 6.01 Å². The van der Waals surface area contributed by atoms with Gasteiger partial charge >= 0.3 is 6.01 Å². The fourth-order valence-corrected chi connectivity index (χ4v) is 6.18. The van der Waals surface area contributed by atoms with Gasteiger partial charge in [0.1, 0.15) is 5.82 Å². The molecule has 0 unspecified atom stereocenters. The van der Waals surface area contributed by atoms with Gasteiger partial charge in [0.15, 0.2) is 5.78 Å². The largest absolute Gasteiger partial charge is 0.467 e. The minimum atomic E-state index is 0.0601. The molecular formula is C33H44ClN5O2. The average Bonchev–Trinajstić information content (AvgIpc) is 3.51. The molecule has 3 aromatic rings. The van der Waals surface area contributed by atoms with Gasteiger partial charge in [-0.3, -0.25) is 4.79 Å². The third-order valence-corrected chi connectivity index (χ3v) is 8.42. The summed E-state index contributed by atoms with van der Waals surface area (Å²) >= 11 is 6.59. The molecule has 220 valence electrons. The van der Waals surface area contributed by atoms with Gasteiger partial charge in [0, 0.05) is 42.2 Å². The van der Waals surface area contributed by atoms with Crippen molar-refractivity contribution in [3.63, 3.8) is 0 Å². The zero-order valence-electron chi connectivity index (χ0n) is 25.0. The van der Waals surface area contributed by atoms with Crippen molar-refractivity contribution >= 4 is 39.7 Å². The van der Waals surface area contributed by atoms with Crippen LogP contribution >= 0.6 is 11.6 Å². The van der Waals surface area contributed by atoms with E-state index in [1.807, 2.05) is 26.0 Å². The van der Waals surface area contributed by atoms with Gasteiger partial charge in [-0.15, -0.1) is 0 Å². The van der Waals surface area contributed by atoms with Crippen molar-refractivity contribution in [2.45, 2.75) is 52.5 Å². The highest BCUT2D eigenvalue weighted by atomic mass is 35.5. The maximum atomic E-state index is 12.0. The van der Waals surface area contributed by atoms with E-state index in [-0.39, 0.29) is 11.7 Å². The number of hydrogen-bond acceptors (Lipinski definition) is 7. The molecule has 6 rings (SSSR count). The topological polar surface area (TPSA) is 61.8 Å². The third kappa shape index (κ3) is 7.19. The van der Waals surface area contributed by atoms with E-state index in [4.69, 9.17) is 26.3 Å². The number of fused-ring (bicyclic) bond motifs is 2. The van der Waals surface area contributed by atoms with E-state index in [0.29, 0.717) is 12.6 Å². The maximum absolute atomic E-state index is 12.0. The number of nitrogens with zero attached hydrogens (tertiary/aromatic N) is 5. The second-order valence-electron chi connectivity index (χ2n) is 10.6. The number of rotatable bonds is 5. The predicted molar refractivity (Wildman–Crippen MR) is 171 cm³/mol. The van der Waals surface area contributed by atoms with Crippen LogP contribution in [0.2, 0.25) is 5.02 Å². The summed E-state index contributed by atoms with van der Waals surface area (Å²) in [5, 5.41) is 2.95. The fourth-order valence-electron chi connectivity index (χ4n) is 5.90. The molecule has 2 aromatic carbocycles. The van der Waals surface area contributed by atoms with Crippen LogP contribution in [0.1, 0.15) is 50.8 Å². The molecule has 3 aliphatic heterocycles. The molecular weight excluding hydrogens is 534 g/mol. The Kier molecular flexibility index (Phi) is 11.0. The van der Waals surface area contributed by atoms with Crippen LogP contribution in [-0.2, 0) is 17.8 Å². The SMILES string of the molecule is C=CC(=O)C1CCN(c2nc(OC)nc3c2CCN(c2cccc4cccc(Cl)c24)C3)CC1.CC.CN1CCCC1. The number of methoxy groups -OCH3 is 1. The molecule has 0 atom stereocenters. The molecule has 3 aliphatic rings. The number of aromatic nitrogens is 2. The Hall–Kier alpha value is -3.16. The molecule has 8 heteroatoms. The van der Waals surface area contributed by atoms with Crippen LogP contribution in [0.15, 0.2) is 49.1 Å². The van der Waals surface area contributed by atoms with Gasteiger partial charge in [0.2, 0.25) is 0 Å². The van der Waals surface area contributed by atoms with Gasteiger partial charge in [-0.05, 0) is 75.8 Å². The van der Waals surface area contributed by atoms with Crippen LogP contribution < -0.4 is 14.5 Å². The number of carbonyl (C=O) groups excluding carboxylic acids is 1. The monoisotopic (exact) mass is 577 g/mol. The number of ketones is 1. The Labute approximate surface area is 250 Å². The summed E-state index contributed by atoms with van der Waals surface area (Å²) in [5.74, 6) is 1.14. The van der Waals surface area contributed by atoms with E-state index >= 15 is 0 Å². The number of likely N-dealkylation sites (tertiary alicyclic amines) is 1. The highest BCUT2D eigenvalue weighted by Gasteiger charge is 2.30. The highest BCUT2D eigenvalue weighted by molar-refractivity contribution is 6.36. The Bertz CT molecular complexity index is 1330. The van der Waals surface area contributed by atoms with Gasteiger partial charge in [-0.1, -0.05) is 56.3 Å². The molecule has 1 aromatic heterocycles. The number of ether oxygens (including phenoxy) is 1. The van der Waals surface area contributed by atoms with Crippen molar-refractivity contribution < 1.29 is 9.53 Å². The first kappa shape index (κ1) is 30.8. The van der Waals surface area contributed by atoms with E-state index in [0.717, 1.165) is 71.9 Å². The fraction of sp³-hybridized carbons (Fsp3) is 0.485. The van der Waals surface area contributed by atoms with Crippen LogP contribution in [0.25, 0.3) is 10.8 Å². The van der Waals surface area contributed by atoms with E-state index < -0.39 is 0 Å². The number of halogens is 1. The zero-order valence-corrected chi connectivity index (χ0v) is 25.8. The molecule has 0 bridgehead atoms. The number of carbonyl (C=O) groups is 1. The number of piperidine rings is 1. The second-order valence-corrected chi connectivity index (χ2v) is 11.0. The predicted octanol–water partition coefficient (Wildman–Crippen LogP) is 6.56. The van der Waals surface area contributed by atoms with Crippen molar-refractivity contribution in [3.8, 4) is 6.01 Å². The highest BCUT2D eigenvalue weighted by Crippen LogP contribution is 2.37. The number of benzene rings is 2. The van der Waals surface area contributed by atoms with Crippen LogP contribution in [0.3, 0.4) is 0 Å². The number of allylic oxidation sites excluding steroid dienone is 1. The first-order valence-electron chi connectivity index (χ1n) is 14.9. The van der Waals surface area contributed by atoms with Crippen molar-refractivity contribution in [1.82, 2.24) is 14.9 Å². The van der Waals surface area contributed by atoms with Gasteiger partial charge < -0.3 is 19.4 Å². The van der Waals surface area contributed by atoms with Gasteiger partial charge in [0.25, 0.3) is 0 Å². The summed E-state index contributed by atoms with van der Waals surface area (Å²) in [6.07, 6.45) is 6.73. The second kappa shape index (κ2) is 14.6. The minimum absolute atomic E-state index is 0.0601. The van der Waals surface area contributed by atoms with Crippen molar-refractivity contribution in [3.05, 3.63) is 65.3 Å². The first-order valence-corrected chi connectivity index (χ1v) is 15.3. The first-order chi connectivity index (χ1) is 20.0. The molecule has 41 heavy (non-hydrogen) atoms. The Morgan fingerprint density at radius 1 is 1.00 bits per heavy atom. The van der Waals surface area contributed by atoms with Crippen molar-refractivity contribution in [2.75, 3.05) is 56.7 Å². The molecule has 0 saturated carbocycles. The lowest BCUT2D eigenvalue weighted by Gasteiger charge is -2.36. The minimum Gasteiger partial charge on any atom is -0.467 e. The summed E-state index contributed by atoms with van der Waals surface area (Å²) < 4.78 is 5.46. The molecule has 2 fully saturated rings. The molecule has 2 saturated heterocycles. The molecule has 4 heterocycles. The molecule has 0 N–H and O–H groups in total. The Morgan fingerprint density at radius 2 is 1.68 bits per heavy atom.